The van der Waals surface area contributed by atoms with Crippen molar-refractivity contribution in [2.24, 2.45) is 11.7 Å². The number of pyridine rings is 1. The lowest BCUT2D eigenvalue weighted by atomic mass is 9.97. The molecule has 1 atom stereocenters. The molecule has 1 unspecified atom stereocenters. The number of hydrogen-bond acceptors (Lipinski definition) is 4. The highest BCUT2D eigenvalue weighted by molar-refractivity contribution is 5.84. The molecule has 26 heavy (non-hydrogen) atoms. The monoisotopic (exact) mass is 356 g/mol. The summed E-state index contributed by atoms with van der Waals surface area (Å²) in [6.45, 7) is 3.70. The number of nitrogens with one attached hydrogen (secondary N) is 1. The predicted molar refractivity (Wildman–Crippen MR) is 98.9 cm³/mol. The number of benzene rings is 1. The Morgan fingerprint density at radius 1 is 1.35 bits per heavy atom. The summed E-state index contributed by atoms with van der Waals surface area (Å²) in [5.74, 6) is 0.433. The molecule has 1 fully saturated rings. The molecule has 0 aliphatic carbocycles. The number of likely N-dealkylation sites (tertiary alicyclic amines) is 1. The molecule has 3 rings (SSSR count). The van der Waals surface area contributed by atoms with E-state index < -0.39 is 6.03 Å². The van der Waals surface area contributed by atoms with Gasteiger partial charge >= 0.3 is 6.03 Å². The Kier molecular flexibility index (Phi) is 5.55. The van der Waals surface area contributed by atoms with Gasteiger partial charge in [0.1, 0.15) is 17.9 Å². The minimum Gasteiger partial charge on any atom is -0.489 e. The van der Waals surface area contributed by atoms with Crippen LogP contribution in [-0.4, -0.2) is 48.1 Å². The zero-order valence-corrected chi connectivity index (χ0v) is 14.9. The first-order valence-corrected chi connectivity index (χ1v) is 8.86. The van der Waals surface area contributed by atoms with Gasteiger partial charge in [-0.1, -0.05) is 18.2 Å². The van der Waals surface area contributed by atoms with Gasteiger partial charge in [0.25, 0.3) is 0 Å². The number of piperidine rings is 1. The number of aryl methyl sites for hydroxylation is 1. The van der Waals surface area contributed by atoms with Crippen LogP contribution in [0.4, 0.5) is 4.79 Å². The number of carbonyl (C=O) groups is 2. The molecule has 2 heterocycles. The standard InChI is InChI=1S/C19H24N4O3/c1-13-7-8-14-4-2-6-16(17(14)22-13)26-11-9-21-18(24)15-5-3-10-23(12-15)19(20)25/h2,4,6-8,15H,3,5,9-12H2,1H3,(H2,20,25)(H,21,24). The Balaban J connectivity index is 1.51. The average Bonchev–Trinajstić information content (AvgIpc) is 2.65. The molecule has 3 N–H and O–H groups in total. The molecule has 0 spiro atoms. The van der Waals surface area contributed by atoms with Crippen LogP contribution in [0.25, 0.3) is 10.9 Å². The average molecular weight is 356 g/mol. The van der Waals surface area contributed by atoms with Gasteiger partial charge in [0.2, 0.25) is 5.91 Å². The summed E-state index contributed by atoms with van der Waals surface area (Å²) in [5.41, 5.74) is 7.05. The molecule has 7 nitrogen and oxygen atoms in total. The molecule has 138 valence electrons. The summed E-state index contributed by atoms with van der Waals surface area (Å²) >= 11 is 0. The van der Waals surface area contributed by atoms with Gasteiger partial charge in [0.05, 0.1) is 12.5 Å². The van der Waals surface area contributed by atoms with Crippen molar-refractivity contribution in [3.8, 4) is 5.75 Å². The van der Waals surface area contributed by atoms with Crippen molar-refractivity contribution in [3.05, 3.63) is 36.0 Å². The van der Waals surface area contributed by atoms with Gasteiger partial charge in [-0.2, -0.15) is 0 Å². The fraction of sp³-hybridized carbons (Fsp3) is 0.421. The van der Waals surface area contributed by atoms with E-state index in [4.69, 9.17) is 10.5 Å². The third kappa shape index (κ3) is 4.22. The molecule has 0 radical (unpaired) electrons. The number of rotatable bonds is 5. The number of para-hydroxylation sites is 1. The predicted octanol–water partition coefficient (Wildman–Crippen LogP) is 1.83. The van der Waals surface area contributed by atoms with E-state index in [0.717, 1.165) is 29.4 Å². The summed E-state index contributed by atoms with van der Waals surface area (Å²) in [6.07, 6.45) is 1.56. The third-order valence-electron chi connectivity index (χ3n) is 4.59. The van der Waals surface area contributed by atoms with Gasteiger partial charge in [-0.15, -0.1) is 0 Å². The van der Waals surface area contributed by atoms with Crippen LogP contribution in [0, 0.1) is 12.8 Å². The van der Waals surface area contributed by atoms with Crippen LogP contribution in [0.15, 0.2) is 30.3 Å². The first-order valence-electron chi connectivity index (χ1n) is 8.86. The van der Waals surface area contributed by atoms with Crippen molar-refractivity contribution >= 4 is 22.8 Å². The van der Waals surface area contributed by atoms with Crippen LogP contribution >= 0.6 is 0 Å². The van der Waals surface area contributed by atoms with Crippen molar-refractivity contribution in [1.29, 1.82) is 0 Å². The van der Waals surface area contributed by atoms with Crippen LogP contribution < -0.4 is 15.8 Å². The van der Waals surface area contributed by atoms with E-state index in [1.807, 2.05) is 37.3 Å². The highest BCUT2D eigenvalue weighted by atomic mass is 16.5. The largest absolute Gasteiger partial charge is 0.489 e. The van der Waals surface area contributed by atoms with E-state index in [2.05, 4.69) is 10.3 Å². The highest BCUT2D eigenvalue weighted by Gasteiger charge is 2.27. The number of fused-ring (bicyclic) bond motifs is 1. The quantitative estimate of drug-likeness (QED) is 0.799. The van der Waals surface area contributed by atoms with E-state index >= 15 is 0 Å². The van der Waals surface area contributed by atoms with Crippen LogP contribution in [0.5, 0.6) is 5.75 Å². The van der Waals surface area contributed by atoms with E-state index in [0.29, 0.717) is 32.0 Å². The van der Waals surface area contributed by atoms with E-state index in [1.165, 1.54) is 4.90 Å². The van der Waals surface area contributed by atoms with Gasteiger partial charge in [0.15, 0.2) is 0 Å². The number of aromatic nitrogens is 1. The summed E-state index contributed by atoms with van der Waals surface area (Å²) in [7, 11) is 0. The van der Waals surface area contributed by atoms with Crippen LogP contribution in [0.2, 0.25) is 0 Å². The smallest absolute Gasteiger partial charge is 0.314 e. The zero-order valence-electron chi connectivity index (χ0n) is 14.9. The Morgan fingerprint density at radius 2 is 2.19 bits per heavy atom. The fourth-order valence-corrected chi connectivity index (χ4v) is 3.20. The molecule has 1 aliphatic rings. The lowest BCUT2D eigenvalue weighted by Crippen LogP contribution is -2.47. The van der Waals surface area contributed by atoms with Gasteiger partial charge < -0.3 is 20.7 Å². The lowest BCUT2D eigenvalue weighted by molar-refractivity contribution is -0.126. The zero-order chi connectivity index (χ0) is 18.5. The first kappa shape index (κ1) is 18.0. The molecule has 2 aromatic rings. The summed E-state index contributed by atoms with van der Waals surface area (Å²) in [6, 6.07) is 9.30. The topological polar surface area (TPSA) is 97.5 Å². The molecule has 1 aromatic heterocycles. The van der Waals surface area contributed by atoms with E-state index in [9.17, 15) is 9.59 Å². The summed E-state index contributed by atoms with van der Waals surface area (Å²) < 4.78 is 5.81. The molecule has 3 amide bonds. The number of ether oxygens (including phenoxy) is 1. The number of carbonyl (C=O) groups excluding carboxylic acids is 2. The maximum Gasteiger partial charge on any atom is 0.314 e. The highest BCUT2D eigenvalue weighted by Crippen LogP contribution is 2.23. The lowest BCUT2D eigenvalue weighted by Gasteiger charge is -2.30. The fourth-order valence-electron chi connectivity index (χ4n) is 3.20. The Hall–Kier alpha value is -2.83. The maximum absolute atomic E-state index is 12.3. The van der Waals surface area contributed by atoms with Crippen LogP contribution in [-0.2, 0) is 4.79 Å². The van der Waals surface area contributed by atoms with Crippen molar-refractivity contribution in [2.75, 3.05) is 26.2 Å². The molecule has 0 saturated carbocycles. The molecule has 7 heteroatoms. The minimum atomic E-state index is -0.468. The van der Waals surface area contributed by atoms with Crippen LogP contribution in [0.1, 0.15) is 18.5 Å². The Morgan fingerprint density at radius 3 is 3.00 bits per heavy atom. The van der Waals surface area contributed by atoms with Gasteiger partial charge in [0, 0.05) is 24.2 Å². The molecule has 1 aliphatic heterocycles. The van der Waals surface area contributed by atoms with Gasteiger partial charge in [-0.3, -0.25) is 4.79 Å². The second-order valence-electron chi connectivity index (χ2n) is 6.54. The summed E-state index contributed by atoms with van der Waals surface area (Å²) in [4.78, 5) is 29.6. The number of nitrogens with zero attached hydrogens (tertiary/aromatic N) is 2. The van der Waals surface area contributed by atoms with Crippen molar-refractivity contribution in [2.45, 2.75) is 19.8 Å². The second-order valence-corrected chi connectivity index (χ2v) is 6.54. The second kappa shape index (κ2) is 8.03. The van der Waals surface area contributed by atoms with Gasteiger partial charge in [-0.05, 0) is 31.9 Å². The third-order valence-corrected chi connectivity index (χ3v) is 4.59. The van der Waals surface area contributed by atoms with Crippen molar-refractivity contribution in [1.82, 2.24) is 15.2 Å². The van der Waals surface area contributed by atoms with Gasteiger partial charge in [-0.25, -0.2) is 9.78 Å². The number of amides is 3. The number of hydrogen-bond donors (Lipinski definition) is 2. The SMILES string of the molecule is Cc1ccc2cccc(OCCNC(=O)C3CCCN(C(N)=O)C3)c2n1. The van der Waals surface area contributed by atoms with Crippen molar-refractivity contribution in [3.63, 3.8) is 0 Å². The molecule has 1 saturated heterocycles. The molecular formula is C19H24N4O3. The first-order chi connectivity index (χ1) is 12.5. The molecular weight excluding hydrogens is 332 g/mol. The molecule has 0 bridgehead atoms. The maximum atomic E-state index is 12.3. The number of primary amides is 1. The molecule has 1 aromatic carbocycles. The minimum absolute atomic E-state index is 0.0635. The Bertz CT molecular complexity index is 808. The number of nitrogens with two attached hydrogens (primary N) is 1. The van der Waals surface area contributed by atoms with Crippen LogP contribution in [0.3, 0.4) is 0 Å². The van der Waals surface area contributed by atoms with E-state index in [-0.39, 0.29) is 11.8 Å². The van der Waals surface area contributed by atoms with E-state index in [1.54, 1.807) is 0 Å². The van der Waals surface area contributed by atoms with Crippen molar-refractivity contribution < 1.29 is 14.3 Å². The number of urea groups is 1. The Labute approximate surface area is 152 Å². The summed E-state index contributed by atoms with van der Waals surface area (Å²) in [5, 5.41) is 3.90. The normalized spacial score (nSPS) is 17.1.